The molecule has 106 valence electrons. The van der Waals surface area contributed by atoms with E-state index in [1.807, 2.05) is 0 Å². The van der Waals surface area contributed by atoms with Gasteiger partial charge in [-0.3, -0.25) is 0 Å². The van der Waals surface area contributed by atoms with E-state index in [0.717, 1.165) is 24.4 Å². The maximum atomic E-state index is 13.0. The van der Waals surface area contributed by atoms with Gasteiger partial charge in [-0.1, -0.05) is 32.4 Å². The molecule has 1 fully saturated rings. The van der Waals surface area contributed by atoms with Gasteiger partial charge in [0.05, 0.1) is 10.7 Å². The topological polar surface area (TPSA) is 12.0 Å². The SMILES string of the molecule is CC(C)(C)C1CCC(Nc2ccc(F)cc2Cl)CC1. The third kappa shape index (κ3) is 3.85. The fourth-order valence-corrected chi connectivity index (χ4v) is 3.15. The lowest BCUT2D eigenvalue weighted by Gasteiger charge is -2.37. The van der Waals surface area contributed by atoms with Gasteiger partial charge in [0.15, 0.2) is 0 Å². The van der Waals surface area contributed by atoms with Crippen molar-refractivity contribution in [1.82, 2.24) is 0 Å². The van der Waals surface area contributed by atoms with Crippen LogP contribution in [0.1, 0.15) is 46.5 Å². The first-order valence-corrected chi connectivity index (χ1v) is 7.45. The van der Waals surface area contributed by atoms with E-state index in [1.54, 1.807) is 6.07 Å². The highest BCUT2D eigenvalue weighted by atomic mass is 35.5. The van der Waals surface area contributed by atoms with Crippen molar-refractivity contribution in [3.8, 4) is 0 Å². The second-order valence-corrected chi connectivity index (χ2v) is 7.09. The van der Waals surface area contributed by atoms with Crippen LogP contribution in [0.15, 0.2) is 18.2 Å². The molecule has 1 aromatic carbocycles. The quantitative estimate of drug-likeness (QED) is 0.756. The van der Waals surface area contributed by atoms with Crippen LogP contribution in [-0.4, -0.2) is 6.04 Å². The molecule has 0 amide bonds. The van der Waals surface area contributed by atoms with Gasteiger partial charge in [-0.15, -0.1) is 0 Å². The number of hydrogen-bond donors (Lipinski definition) is 1. The van der Waals surface area contributed by atoms with Crippen LogP contribution in [0.4, 0.5) is 10.1 Å². The maximum Gasteiger partial charge on any atom is 0.124 e. The van der Waals surface area contributed by atoms with Crippen molar-refractivity contribution < 1.29 is 4.39 Å². The second-order valence-electron chi connectivity index (χ2n) is 6.68. The van der Waals surface area contributed by atoms with Crippen molar-refractivity contribution in [1.29, 1.82) is 0 Å². The van der Waals surface area contributed by atoms with E-state index < -0.39 is 0 Å². The molecule has 1 N–H and O–H groups in total. The fraction of sp³-hybridized carbons (Fsp3) is 0.625. The molecule has 3 heteroatoms. The average molecular weight is 284 g/mol. The maximum absolute atomic E-state index is 13.0. The summed E-state index contributed by atoms with van der Waals surface area (Å²) in [7, 11) is 0. The first-order valence-electron chi connectivity index (χ1n) is 7.08. The van der Waals surface area contributed by atoms with E-state index in [2.05, 4.69) is 26.1 Å². The Hall–Kier alpha value is -0.760. The molecule has 0 aliphatic heterocycles. The second kappa shape index (κ2) is 5.70. The zero-order valence-electron chi connectivity index (χ0n) is 12.0. The monoisotopic (exact) mass is 283 g/mol. The lowest BCUT2D eigenvalue weighted by Crippen LogP contribution is -2.31. The average Bonchev–Trinajstić information content (AvgIpc) is 2.32. The third-order valence-corrected chi connectivity index (χ3v) is 4.56. The zero-order chi connectivity index (χ0) is 14.0. The van der Waals surface area contributed by atoms with Crippen molar-refractivity contribution in [3.05, 3.63) is 29.0 Å². The predicted octanol–water partition coefficient (Wildman–Crippen LogP) is 5.50. The Morgan fingerprint density at radius 3 is 2.32 bits per heavy atom. The highest BCUT2D eigenvalue weighted by Gasteiger charge is 2.29. The van der Waals surface area contributed by atoms with Crippen LogP contribution in [-0.2, 0) is 0 Å². The van der Waals surface area contributed by atoms with Crippen LogP contribution in [0.25, 0.3) is 0 Å². The van der Waals surface area contributed by atoms with Crippen LogP contribution in [0.2, 0.25) is 5.02 Å². The molecule has 0 atom stereocenters. The minimum absolute atomic E-state index is 0.285. The molecule has 1 aromatic rings. The summed E-state index contributed by atoms with van der Waals surface area (Å²) >= 11 is 6.05. The van der Waals surface area contributed by atoms with Gasteiger partial charge in [-0.2, -0.15) is 0 Å². The highest BCUT2D eigenvalue weighted by molar-refractivity contribution is 6.33. The van der Waals surface area contributed by atoms with Crippen LogP contribution >= 0.6 is 11.6 Å². The Kier molecular flexibility index (Phi) is 4.39. The first-order chi connectivity index (χ1) is 8.86. The normalized spacial score (nSPS) is 24.3. The van der Waals surface area contributed by atoms with Gasteiger partial charge in [0, 0.05) is 6.04 Å². The molecule has 0 heterocycles. The third-order valence-electron chi connectivity index (χ3n) is 4.24. The Labute approximate surface area is 120 Å². The number of hydrogen-bond acceptors (Lipinski definition) is 1. The van der Waals surface area contributed by atoms with Gasteiger partial charge in [0.1, 0.15) is 5.82 Å². The van der Waals surface area contributed by atoms with Crippen molar-refractivity contribution >= 4 is 17.3 Å². The summed E-state index contributed by atoms with van der Waals surface area (Å²) in [5.41, 5.74) is 1.25. The zero-order valence-corrected chi connectivity index (χ0v) is 12.7. The Balaban J connectivity index is 1.92. The van der Waals surface area contributed by atoms with Gasteiger partial charge in [-0.05, 0) is 55.2 Å². The van der Waals surface area contributed by atoms with E-state index in [9.17, 15) is 4.39 Å². The molecular weight excluding hydrogens is 261 g/mol. The molecular formula is C16H23ClFN. The standard InChI is InChI=1S/C16H23ClFN/c1-16(2,3)11-4-7-13(8-5-11)19-15-9-6-12(18)10-14(15)17/h6,9-11,13,19H,4-5,7-8H2,1-3H3. The Bertz CT molecular complexity index is 431. The molecule has 0 spiro atoms. The fourth-order valence-electron chi connectivity index (χ4n) is 2.93. The molecule has 1 nitrogen and oxygen atoms in total. The summed E-state index contributed by atoms with van der Waals surface area (Å²) < 4.78 is 13.0. The van der Waals surface area contributed by atoms with E-state index in [1.165, 1.54) is 25.0 Å². The van der Waals surface area contributed by atoms with E-state index >= 15 is 0 Å². The van der Waals surface area contributed by atoms with Crippen LogP contribution in [0.3, 0.4) is 0 Å². The van der Waals surface area contributed by atoms with Gasteiger partial charge in [-0.25, -0.2) is 4.39 Å². The predicted molar refractivity (Wildman–Crippen MR) is 80.2 cm³/mol. The van der Waals surface area contributed by atoms with Crippen molar-refractivity contribution in [2.75, 3.05) is 5.32 Å². The molecule has 1 saturated carbocycles. The minimum atomic E-state index is -0.285. The molecule has 1 aliphatic carbocycles. The van der Waals surface area contributed by atoms with Gasteiger partial charge in [0.2, 0.25) is 0 Å². The van der Waals surface area contributed by atoms with Crippen LogP contribution in [0, 0.1) is 17.2 Å². The molecule has 0 unspecified atom stereocenters. The Morgan fingerprint density at radius 2 is 1.79 bits per heavy atom. The molecule has 19 heavy (non-hydrogen) atoms. The summed E-state index contributed by atoms with van der Waals surface area (Å²) in [6.07, 6.45) is 4.82. The van der Waals surface area contributed by atoms with E-state index in [-0.39, 0.29) is 5.82 Å². The number of benzene rings is 1. The van der Waals surface area contributed by atoms with Gasteiger partial charge in [0.25, 0.3) is 0 Å². The summed E-state index contributed by atoms with van der Waals surface area (Å²) in [5, 5.41) is 3.92. The summed E-state index contributed by atoms with van der Waals surface area (Å²) in [6, 6.07) is 5.01. The van der Waals surface area contributed by atoms with E-state index in [4.69, 9.17) is 11.6 Å². The highest BCUT2D eigenvalue weighted by Crippen LogP contribution is 2.38. The summed E-state index contributed by atoms with van der Waals surface area (Å²) in [4.78, 5) is 0. The molecule has 0 aromatic heterocycles. The van der Waals surface area contributed by atoms with Crippen molar-refractivity contribution in [3.63, 3.8) is 0 Å². The van der Waals surface area contributed by atoms with Crippen molar-refractivity contribution in [2.45, 2.75) is 52.5 Å². The van der Waals surface area contributed by atoms with Gasteiger partial charge >= 0.3 is 0 Å². The summed E-state index contributed by atoms with van der Waals surface area (Å²) in [5.74, 6) is 0.515. The molecule has 2 rings (SSSR count). The molecule has 0 saturated heterocycles. The smallest absolute Gasteiger partial charge is 0.124 e. The summed E-state index contributed by atoms with van der Waals surface area (Å²) in [6.45, 7) is 6.97. The number of halogens is 2. The van der Waals surface area contributed by atoms with Gasteiger partial charge < -0.3 is 5.32 Å². The number of nitrogens with one attached hydrogen (secondary N) is 1. The largest absolute Gasteiger partial charge is 0.381 e. The lowest BCUT2D eigenvalue weighted by atomic mass is 9.71. The molecule has 0 radical (unpaired) electrons. The Morgan fingerprint density at radius 1 is 1.16 bits per heavy atom. The van der Waals surface area contributed by atoms with E-state index in [0.29, 0.717) is 16.5 Å². The lowest BCUT2D eigenvalue weighted by molar-refractivity contribution is 0.173. The molecule has 0 bridgehead atoms. The molecule has 1 aliphatic rings. The number of anilines is 1. The minimum Gasteiger partial charge on any atom is -0.381 e. The van der Waals surface area contributed by atoms with Crippen LogP contribution < -0.4 is 5.32 Å². The van der Waals surface area contributed by atoms with Crippen LogP contribution in [0.5, 0.6) is 0 Å². The first kappa shape index (κ1) is 14.6. The van der Waals surface area contributed by atoms with Crippen molar-refractivity contribution in [2.24, 2.45) is 11.3 Å². The number of rotatable bonds is 2.